The molecule has 1 heterocycles. The first-order valence-electron chi connectivity index (χ1n) is 30.2. The molecule has 1 heteroatoms. The summed E-state index contributed by atoms with van der Waals surface area (Å²) in [5.74, 6) is 0. The Balaban J connectivity index is 0.727. The van der Waals surface area contributed by atoms with Gasteiger partial charge in [-0.15, -0.1) is 0 Å². The van der Waals surface area contributed by atoms with Gasteiger partial charge in [-0.05, 0) is 242 Å². The summed E-state index contributed by atoms with van der Waals surface area (Å²) in [5.41, 5.74) is 16.2. The number of hydrogen-bond donors (Lipinski definition) is 0. The van der Waals surface area contributed by atoms with E-state index in [9.17, 15) is 0 Å². The van der Waals surface area contributed by atoms with Gasteiger partial charge >= 0.3 is 0 Å². The lowest BCUT2D eigenvalue weighted by molar-refractivity contribution is 0.661. The van der Waals surface area contributed by atoms with Gasteiger partial charge in [0.1, 0.15) is 0 Å². The summed E-state index contributed by atoms with van der Waals surface area (Å²) in [6.07, 6.45) is 0. The van der Waals surface area contributed by atoms with Crippen molar-refractivity contribution in [2.24, 2.45) is 0 Å². The number of aromatic nitrogens is 1. The first-order valence-corrected chi connectivity index (χ1v) is 30.2. The molecule has 0 radical (unpaired) electrons. The smallest absolute Gasteiger partial charge is 0.0547 e. The zero-order valence-electron chi connectivity index (χ0n) is 47.6. The molecule has 398 valence electrons. The minimum absolute atomic E-state index is 0.224. The van der Waals surface area contributed by atoms with Crippen LogP contribution in [0.3, 0.4) is 0 Å². The Morgan fingerprint density at radius 3 is 1.22 bits per heavy atom. The lowest BCUT2D eigenvalue weighted by atomic mass is 9.80. The van der Waals surface area contributed by atoms with E-state index in [-0.39, 0.29) is 5.41 Å². The van der Waals surface area contributed by atoms with E-state index in [1.54, 1.807) is 0 Å². The highest BCUT2D eigenvalue weighted by atomic mass is 15.0. The summed E-state index contributed by atoms with van der Waals surface area (Å²) < 4.78 is 2.42. The van der Waals surface area contributed by atoms with Crippen LogP contribution in [0.2, 0.25) is 0 Å². The largest absolute Gasteiger partial charge is 0.309 e. The van der Waals surface area contributed by atoms with Crippen molar-refractivity contribution >= 4 is 130 Å². The van der Waals surface area contributed by atoms with Crippen LogP contribution in [-0.4, -0.2) is 4.57 Å². The van der Waals surface area contributed by atoms with E-state index in [0.717, 1.165) is 5.69 Å². The number of para-hydroxylation sites is 2. The molecule has 0 N–H and O–H groups in total. The number of nitrogens with zero attached hydrogens (tertiary/aromatic N) is 1. The van der Waals surface area contributed by atoms with E-state index in [4.69, 9.17) is 0 Å². The van der Waals surface area contributed by atoms with Crippen LogP contribution in [-0.2, 0) is 5.41 Å². The fourth-order valence-electron chi connectivity index (χ4n) is 15.8. The second-order valence-electron chi connectivity index (χ2n) is 24.6. The minimum atomic E-state index is -0.224. The molecule has 0 atom stereocenters. The van der Waals surface area contributed by atoms with Crippen molar-refractivity contribution < 1.29 is 0 Å². The standard InChI is InChI=1S/C85H53N/c1-85(2)79-45-54(34-37-65(79)66-38-35-55(46-80(66)85)71-48-77-61-24-10-8-22-59(61)73-41-50-18-6-7-19-51(50)42-75(73)83(77)69-29-14-12-26-63(69)71)52-32-33-53-43-76-74(44-57(53)40-52)60-23-9-11-25-62(60)78-49-72(64-27-13-15-30-70(64)84(76)78)56-36-39-68-67-28-16-17-31-81(67)86(82(68)47-56)58-20-4-3-5-21-58/h3-49H,1-2H3. The first kappa shape index (κ1) is 47.6. The minimum Gasteiger partial charge on any atom is -0.309 e. The zero-order valence-corrected chi connectivity index (χ0v) is 47.6. The molecule has 1 aliphatic rings. The second-order valence-corrected chi connectivity index (χ2v) is 24.6. The van der Waals surface area contributed by atoms with Gasteiger partial charge in [0.05, 0.1) is 11.0 Å². The lowest BCUT2D eigenvalue weighted by Crippen LogP contribution is -2.15. The average molecular weight is 1090 g/mol. The fourth-order valence-corrected chi connectivity index (χ4v) is 15.8. The Hall–Kier alpha value is -10.9. The van der Waals surface area contributed by atoms with Crippen LogP contribution in [0.4, 0.5) is 0 Å². The van der Waals surface area contributed by atoms with Gasteiger partial charge in [-0.1, -0.05) is 220 Å². The van der Waals surface area contributed by atoms with Gasteiger partial charge in [0.15, 0.2) is 0 Å². The third kappa shape index (κ3) is 6.66. The summed E-state index contributed by atoms with van der Waals surface area (Å²) in [7, 11) is 0. The quantitative estimate of drug-likeness (QED) is 0.122. The normalized spacial score (nSPS) is 13.1. The van der Waals surface area contributed by atoms with Crippen molar-refractivity contribution in [1.82, 2.24) is 4.57 Å². The third-order valence-electron chi connectivity index (χ3n) is 19.8. The van der Waals surface area contributed by atoms with Crippen LogP contribution in [0.5, 0.6) is 0 Å². The number of rotatable bonds is 4. The van der Waals surface area contributed by atoms with Crippen LogP contribution < -0.4 is 0 Å². The second kappa shape index (κ2) is 17.6. The average Bonchev–Trinajstić information content (AvgIpc) is 1.24. The van der Waals surface area contributed by atoms with Gasteiger partial charge in [0.25, 0.3) is 0 Å². The van der Waals surface area contributed by atoms with Gasteiger partial charge in [0.2, 0.25) is 0 Å². The Bertz CT molecular complexity index is 6030. The number of fused-ring (bicyclic) bond motifs is 24. The molecular formula is C85H53N. The summed E-state index contributed by atoms with van der Waals surface area (Å²) in [6, 6.07) is 108. The molecule has 0 spiro atoms. The van der Waals surface area contributed by atoms with Crippen molar-refractivity contribution in [2.45, 2.75) is 19.3 Å². The van der Waals surface area contributed by atoms with Gasteiger partial charge in [0, 0.05) is 21.9 Å². The molecule has 1 aliphatic carbocycles. The van der Waals surface area contributed by atoms with Gasteiger partial charge < -0.3 is 4.57 Å². The molecule has 19 rings (SSSR count). The van der Waals surface area contributed by atoms with Crippen molar-refractivity contribution in [3.8, 4) is 50.2 Å². The first-order chi connectivity index (χ1) is 42.4. The van der Waals surface area contributed by atoms with Crippen LogP contribution in [0, 0.1) is 0 Å². The Morgan fingerprint density at radius 1 is 0.221 bits per heavy atom. The molecule has 0 bridgehead atoms. The lowest BCUT2D eigenvalue weighted by Gasteiger charge is -2.23. The molecule has 0 aliphatic heterocycles. The monoisotopic (exact) mass is 1090 g/mol. The predicted octanol–water partition coefficient (Wildman–Crippen LogP) is 23.6. The maximum absolute atomic E-state index is 2.50. The molecule has 0 saturated carbocycles. The molecule has 1 aromatic heterocycles. The fraction of sp³-hybridized carbons (Fsp3) is 0.0353. The molecule has 86 heavy (non-hydrogen) atoms. The third-order valence-corrected chi connectivity index (χ3v) is 19.8. The predicted molar refractivity (Wildman–Crippen MR) is 370 cm³/mol. The van der Waals surface area contributed by atoms with E-state index in [0.29, 0.717) is 0 Å². The topological polar surface area (TPSA) is 4.93 Å². The Kier molecular flexibility index (Phi) is 9.74. The summed E-state index contributed by atoms with van der Waals surface area (Å²) in [5, 5.41) is 28.1. The summed E-state index contributed by atoms with van der Waals surface area (Å²) in [6.45, 7) is 4.85. The molecule has 0 unspecified atom stereocenters. The van der Waals surface area contributed by atoms with Gasteiger partial charge in [-0.2, -0.15) is 0 Å². The molecular weight excluding hydrogens is 1030 g/mol. The van der Waals surface area contributed by atoms with E-state index >= 15 is 0 Å². The molecule has 0 fully saturated rings. The molecule has 0 saturated heterocycles. The highest BCUT2D eigenvalue weighted by Gasteiger charge is 2.36. The maximum Gasteiger partial charge on any atom is 0.0547 e. The number of benzene rings is 17. The van der Waals surface area contributed by atoms with Crippen molar-refractivity contribution in [3.05, 3.63) is 296 Å². The van der Waals surface area contributed by atoms with Crippen molar-refractivity contribution in [2.75, 3.05) is 0 Å². The van der Waals surface area contributed by atoms with Crippen molar-refractivity contribution in [1.29, 1.82) is 0 Å². The van der Waals surface area contributed by atoms with Gasteiger partial charge in [-0.3, -0.25) is 0 Å². The van der Waals surface area contributed by atoms with E-state index < -0.39 is 0 Å². The maximum atomic E-state index is 2.50. The van der Waals surface area contributed by atoms with Crippen molar-refractivity contribution in [3.63, 3.8) is 0 Å². The molecule has 0 amide bonds. The van der Waals surface area contributed by atoms with Crippen LogP contribution >= 0.6 is 0 Å². The van der Waals surface area contributed by atoms with Gasteiger partial charge in [-0.25, -0.2) is 0 Å². The van der Waals surface area contributed by atoms with E-state index in [2.05, 4.69) is 304 Å². The van der Waals surface area contributed by atoms with E-state index in [1.165, 1.54) is 185 Å². The Morgan fingerprint density at radius 2 is 0.616 bits per heavy atom. The SMILES string of the molecule is CC1(C)c2cc(-c3ccc4cc5c(cc4c3)c3ccccc3c3cc(-c4ccc6c7ccccc7n(-c7ccccc7)c6c4)c4ccccc4c35)ccc2-c2ccc(-c3cc4c5ccccc5c5cc6ccccc6cc5c4c4ccccc34)cc21. The molecule has 1 nitrogen and oxygen atoms in total. The molecule has 17 aromatic carbocycles. The highest BCUT2D eigenvalue weighted by Crippen LogP contribution is 2.53. The zero-order chi connectivity index (χ0) is 56.5. The highest BCUT2D eigenvalue weighted by molar-refractivity contribution is 6.36. The number of hydrogen-bond acceptors (Lipinski definition) is 0. The van der Waals surface area contributed by atoms with Crippen LogP contribution in [0.25, 0.3) is 180 Å². The Labute approximate surface area is 496 Å². The molecule has 18 aromatic rings. The summed E-state index contributed by atoms with van der Waals surface area (Å²) >= 11 is 0. The van der Waals surface area contributed by atoms with Crippen LogP contribution in [0.15, 0.2) is 285 Å². The van der Waals surface area contributed by atoms with E-state index in [1.807, 2.05) is 0 Å². The summed E-state index contributed by atoms with van der Waals surface area (Å²) in [4.78, 5) is 0. The van der Waals surface area contributed by atoms with Crippen LogP contribution in [0.1, 0.15) is 25.0 Å².